The van der Waals surface area contributed by atoms with Crippen molar-refractivity contribution in [3.8, 4) is 11.5 Å². The topological polar surface area (TPSA) is 48.1 Å². The van der Waals surface area contributed by atoms with Gasteiger partial charge in [-0.1, -0.05) is 6.07 Å². The molecule has 3 rings (SSSR count). The second-order valence-electron chi connectivity index (χ2n) is 5.39. The molecule has 0 amide bonds. The van der Waals surface area contributed by atoms with E-state index in [0.29, 0.717) is 5.69 Å². The highest BCUT2D eigenvalue weighted by molar-refractivity contribution is 5.88. The Bertz CT molecular complexity index is 825. The van der Waals surface area contributed by atoms with Gasteiger partial charge in [0.15, 0.2) is 0 Å². The first kappa shape index (κ1) is 13.4. The van der Waals surface area contributed by atoms with E-state index in [1.165, 1.54) is 11.1 Å². The molecule has 21 heavy (non-hydrogen) atoms. The number of aromatic nitrogens is 1. The molecular formula is C18H18N2O. The summed E-state index contributed by atoms with van der Waals surface area (Å²) in [6, 6.07) is 13.7. The van der Waals surface area contributed by atoms with E-state index in [9.17, 15) is 0 Å². The highest BCUT2D eigenvalue weighted by atomic mass is 16.5. The monoisotopic (exact) mass is 278 g/mol. The minimum atomic E-state index is 0.707. The van der Waals surface area contributed by atoms with Crippen molar-refractivity contribution in [2.75, 3.05) is 5.73 Å². The second kappa shape index (κ2) is 5.09. The standard InChI is InChI=1S/C18H18N2O/c1-11-4-6-15(8-12(11)2)21-18-9-13(3)20-17-7-5-14(19)10-16(17)18/h4-10H,19H2,1-3H3. The SMILES string of the molecule is Cc1cc(Oc2ccc(C)c(C)c2)c2cc(N)ccc2n1. The van der Waals surface area contributed by atoms with Crippen LogP contribution in [0.3, 0.4) is 0 Å². The van der Waals surface area contributed by atoms with Crippen molar-refractivity contribution in [1.82, 2.24) is 4.98 Å². The molecule has 0 aliphatic heterocycles. The fourth-order valence-electron chi connectivity index (χ4n) is 2.33. The maximum absolute atomic E-state index is 6.07. The molecular weight excluding hydrogens is 260 g/mol. The van der Waals surface area contributed by atoms with Crippen LogP contribution < -0.4 is 10.5 Å². The number of fused-ring (bicyclic) bond motifs is 1. The summed E-state index contributed by atoms with van der Waals surface area (Å²) in [6.45, 7) is 6.13. The predicted octanol–water partition coefficient (Wildman–Crippen LogP) is 4.53. The van der Waals surface area contributed by atoms with Gasteiger partial charge in [-0.05, 0) is 62.2 Å². The lowest BCUT2D eigenvalue weighted by Crippen LogP contribution is -1.93. The number of anilines is 1. The number of nitrogens with zero attached hydrogens (tertiary/aromatic N) is 1. The summed E-state index contributed by atoms with van der Waals surface area (Å²) in [5.41, 5.74) is 10.9. The van der Waals surface area contributed by atoms with Crippen molar-refractivity contribution in [3.63, 3.8) is 0 Å². The number of ether oxygens (including phenoxy) is 1. The molecule has 2 aromatic carbocycles. The average molecular weight is 278 g/mol. The molecule has 3 nitrogen and oxygen atoms in total. The van der Waals surface area contributed by atoms with E-state index in [1.54, 1.807) is 0 Å². The first-order valence-electron chi connectivity index (χ1n) is 6.95. The van der Waals surface area contributed by atoms with E-state index >= 15 is 0 Å². The lowest BCUT2D eigenvalue weighted by atomic mass is 10.1. The zero-order valence-electron chi connectivity index (χ0n) is 12.5. The van der Waals surface area contributed by atoms with E-state index in [-0.39, 0.29) is 0 Å². The zero-order valence-corrected chi connectivity index (χ0v) is 12.5. The Morgan fingerprint density at radius 2 is 1.71 bits per heavy atom. The summed E-state index contributed by atoms with van der Waals surface area (Å²) in [5, 5.41) is 0.929. The van der Waals surface area contributed by atoms with Crippen LogP contribution in [0.4, 0.5) is 5.69 Å². The molecule has 0 atom stereocenters. The summed E-state index contributed by atoms with van der Waals surface area (Å²) < 4.78 is 6.07. The fraction of sp³-hybridized carbons (Fsp3) is 0.167. The van der Waals surface area contributed by atoms with Crippen molar-refractivity contribution >= 4 is 16.6 Å². The number of aryl methyl sites for hydroxylation is 3. The van der Waals surface area contributed by atoms with Crippen molar-refractivity contribution in [2.24, 2.45) is 0 Å². The number of hydrogen-bond donors (Lipinski definition) is 1. The van der Waals surface area contributed by atoms with Crippen LogP contribution in [0.25, 0.3) is 10.9 Å². The third-order valence-corrected chi connectivity index (χ3v) is 3.63. The van der Waals surface area contributed by atoms with Gasteiger partial charge >= 0.3 is 0 Å². The summed E-state index contributed by atoms with van der Waals surface area (Å²) >= 11 is 0. The highest BCUT2D eigenvalue weighted by Crippen LogP contribution is 2.31. The van der Waals surface area contributed by atoms with E-state index in [1.807, 2.05) is 43.3 Å². The number of pyridine rings is 1. The number of nitrogen functional groups attached to an aromatic ring is 1. The minimum Gasteiger partial charge on any atom is -0.457 e. The number of nitrogens with two attached hydrogens (primary N) is 1. The Morgan fingerprint density at radius 1 is 0.905 bits per heavy atom. The lowest BCUT2D eigenvalue weighted by Gasteiger charge is -2.11. The molecule has 0 saturated heterocycles. The Hall–Kier alpha value is -2.55. The summed E-state index contributed by atoms with van der Waals surface area (Å²) in [6.07, 6.45) is 0. The molecule has 3 heteroatoms. The van der Waals surface area contributed by atoms with Crippen molar-refractivity contribution < 1.29 is 4.74 Å². The van der Waals surface area contributed by atoms with Gasteiger partial charge < -0.3 is 10.5 Å². The van der Waals surface area contributed by atoms with Gasteiger partial charge in [0.25, 0.3) is 0 Å². The Kier molecular flexibility index (Phi) is 3.26. The molecule has 0 aliphatic carbocycles. The van der Waals surface area contributed by atoms with Crippen molar-refractivity contribution in [2.45, 2.75) is 20.8 Å². The summed E-state index contributed by atoms with van der Waals surface area (Å²) in [5.74, 6) is 1.61. The van der Waals surface area contributed by atoms with Crippen LogP contribution in [0.1, 0.15) is 16.8 Å². The first-order valence-corrected chi connectivity index (χ1v) is 6.95. The normalized spacial score (nSPS) is 10.8. The molecule has 0 bridgehead atoms. The van der Waals surface area contributed by atoms with E-state index < -0.39 is 0 Å². The lowest BCUT2D eigenvalue weighted by molar-refractivity contribution is 0.487. The van der Waals surface area contributed by atoms with Crippen LogP contribution in [0.15, 0.2) is 42.5 Å². The Morgan fingerprint density at radius 3 is 2.48 bits per heavy atom. The third kappa shape index (κ3) is 2.68. The Labute approximate surface area is 124 Å². The van der Waals surface area contributed by atoms with Crippen LogP contribution in [0.5, 0.6) is 11.5 Å². The molecule has 1 heterocycles. The molecule has 0 saturated carbocycles. The fourth-order valence-corrected chi connectivity index (χ4v) is 2.33. The Balaban J connectivity index is 2.10. The van der Waals surface area contributed by atoms with Gasteiger partial charge in [0.05, 0.1) is 5.52 Å². The van der Waals surface area contributed by atoms with Gasteiger partial charge in [-0.15, -0.1) is 0 Å². The van der Waals surface area contributed by atoms with Crippen molar-refractivity contribution in [3.05, 3.63) is 59.3 Å². The summed E-state index contributed by atoms with van der Waals surface area (Å²) in [7, 11) is 0. The maximum atomic E-state index is 6.07. The number of hydrogen-bond acceptors (Lipinski definition) is 3. The molecule has 0 aliphatic rings. The van der Waals surface area contributed by atoms with Crippen LogP contribution in [-0.4, -0.2) is 4.98 Å². The number of benzene rings is 2. The van der Waals surface area contributed by atoms with Crippen LogP contribution >= 0.6 is 0 Å². The largest absolute Gasteiger partial charge is 0.457 e. The van der Waals surface area contributed by atoms with Crippen LogP contribution in [0.2, 0.25) is 0 Å². The molecule has 106 valence electrons. The predicted molar refractivity (Wildman–Crippen MR) is 86.9 cm³/mol. The van der Waals surface area contributed by atoms with Gasteiger partial charge in [-0.25, -0.2) is 0 Å². The second-order valence-corrected chi connectivity index (χ2v) is 5.39. The van der Waals surface area contributed by atoms with Gasteiger partial charge in [0.1, 0.15) is 11.5 Å². The molecule has 3 aromatic rings. The van der Waals surface area contributed by atoms with Gasteiger partial charge in [0, 0.05) is 22.8 Å². The first-order chi connectivity index (χ1) is 10.0. The maximum Gasteiger partial charge on any atom is 0.138 e. The molecule has 1 aromatic heterocycles. The third-order valence-electron chi connectivity index (χ3n) is 3.63. The van der Waals surface area contributed by atoms with Gasteiger partial charge in [0.2, 0.25) is 0 Å². The number of rotatable bonds is 2. The quantitative estimate of drug-likeness (QED) is 0.700. The minimum absolute atomic E-state index is 0.707. The smallest absolute Gasteiger partial charge is 0.138 e. The molecule has 2 N–H and O–H groups in total. The molecule has 0 unspecified atom stereocenters. The van der Waals surface area contributed by atoms with Gasteiger partial charge in [-0.2, -0.15) is 0 Å². The van der Waals surface area contributed by atoms with Gasteiger partial charge in [-0.3, -0.25) is 4.98 Å². The van der Waals surface area contributed by atoms with Crippen LogP contribution in [-0.2, 0) is 0 Å². The van der Waals surface area contributed by atoms with E-state index in [0.717, 1.165) is 28.1 Å². The van der Waals surface area contributed by atoms with Crippen molar-refractivity contribution in [1.29, 1.82) is 0 Å². The summed E-state index contributed by atoms with van der Waals surface area (Å²) in [4.78, 5) is 4.52. The van der Waals surface area contributed by atoms with Crippen LogP contribution in [0, 0.1) is 20.8 Å². The van der Waals surface area contributed by atoms with E-state index in [2.05, 4.69) is 24.9 Å². The highest BCUT2D eigenvalue weighted by Gasteiger charge is 2.07. The average Bonchev–Trinajstić information content (AvgIpc) is 2.43. The molecule has 0 fully saturated rings. The molecule has 0 radical (unpaired) electrons. The zero-order chi connectivity index (χ0) is 15.0. The van der Waals surface area contributed by atoms with E-state index in [4.69, 9.17) is 10.5 Å². The molecule has 0 spiro atoms.